The third kappa shape index (κ3) is 3.43. The molecule has 0 aromatic carbocycles. The molecule has 0 spiro atoms. The summed E-state index contributed by atoms with van der Waals surface area (Å²) in [7, 11) is 0. The van der Waals surface area contributed by atoms with Crippen molar-refractivity contribution >= 4 is 39.2 Å². The van der Waals surface area contributed by atoms with Crippen molar-refractivity contribution in [3.63, 3.8) is 0 Å². The lowest BCUT2D eigenvalue weighted by Gasteiger charge is -2.38. The van der Waals surface area contributed by atoms with E-state index in [4.69, 9.17) is 5.73 Å². The number of nitrogens with zero attached hydrogens (tertiary/aromatic N) is 3. The fourth-order valence-corrected chi connectivity index (χ4v) is 5.28. The zero-order valence-corrected chi connectivity index (χ0v) is 16.0. The Kier molecular flexibility index (Phi) is 5.42. The van der Waals surface area contributed by atoms with Crippen LogP contribution in [0, 0.1) is 19.8 Å². The predicted octanol–water partition coefficient (Wildman–Crippen LogP) is 2.99. The van der Waals surface area contributed by atoms with Gasteiger partial charge in [-0.15, -0.1) is 11.3 Å². The summed E-state index contributed by atoms with van der Waals surface area (Å²) < 4.78 is 0. The van der Waals surface area contributed by atoms with Gasteiger partial charge in [-0.3, -0.25) is 4.79 Å². The van der Waals surface area contributed by atoms with Crippen LogP contribution in [0.15, 0.2) is 11.4 Å². The molecule has 2 aromatic rings. The molecule has 3 rings (SSSR count). The van der Waals surface area contributed by atoms with Gasteiger partial charge in [0.05, 0.1) is 5.75 Å². The zero-order chi connectivity index (χ0) is 17.3. The highest BCUT2D eigenvalue weighted by molar-refractivity contribution is 8.00. The minimum atomic E-state index is 0.165. The second-order valence-electron chi connectivity index (χ2n) is 6.54. The summed E-state index contributed by atoms with van der Waals surface area (Å²) >= 11 is 3.20. The largest absolute Gasteiger partial charge is 0.338 e. The quantitative estimate of drug-likeness (QED) is 0.667. The molecule has 0 bridgehead atoms. The van der Waals surface area contributed by atoms with Crippen molar-refractivity contribution in [2.24, 2.45) is 11.7 Å². The number of hydrogen-bond donors (Lipinski definition) is 1. The first-order chi connectivity index (χ1) is 11.5. The van der Waals surface area contributed by atoms with E-state index >= 15 is 0 Å². The van der Waals surface area contributed by atoms with Gasteiger partial charge >= 0.3 is 0 Å². The van der Waals surface area contributed by atoms with Crippen LogP contribution in [0.2, 0.25) is 0 Å². The Bertz CT molecular complexity index is 746. The van der Waals surface area contributed by atoms with E-state index in [-0.39, 0.29) is 11.9 Å². The van der Waals surface area contributed by atoms with Gasteiger partial charge < -0.3 is 10.6 Å². The molecule has 1 aliphatic heterocycles. The van der Waals surface area contributed by atoms with E-state index in [0.717, 1.165) is 34.6 Å². The standard InChI is InChI=1S/C17H24N4OS2/c1-10-4-5-21(13(6-10)7-18)14(22)8-23-16-15-11(2)12(3)24-17(15)20-9-19-16/h9-10,13H,4-8,18H2,1-3H3. The molecule has 0 radical (unpaired) electrons. The summed E-state index contributed by atoms with van der Waals surface area (Å²) in [5.41, 5.74) is 7.10. The molecule has 2 atom stereocenters. The molecular formula is C17H24N4OS2. The Morgan fingerprint density at radius 3 is 3.00 bits per heavy atom. The average Bonchev–Trinajstić information content (AvgIpc) is 2.87. The van der Waals surface area contributed by atoms with E-state index in [1.807, 2.05) is 4.90 Å². The third-order valence-electron chi connectivity index (χ3n) is 4.83. The van der Waals surface area contributed by atoms with E-state index in [9.17, 15) is 4.79 Å². The number of carbonyl (C=O) groups excluding carboxylic acids is 1. The van der Waals surface area contributed by atoms with Gasteiger partial charge in [-0.25, -0.2) is 9.97 Å². The number of carbonyl (C=O) groups is 1. The van der Waals surface area contributed by atoms with Gasteiger partial charge in [0.1, 0.15) is 16.2 Å². The average molecular weight is 365 g/mol. The summed E-state index contributed by atoms with van der Waals surface area (Å²) in [6.45, 7) is 7.79. The molecule has 7 heteroatoms. The van der Waals surface area contributed by atoms with E-state index < -0.39 is 0 Å². The lowest BCUT2D eigenvalue weighted by atomic mass is 9.92. The highest BCUT2D eigenvalue weighted by Crippen LogP contribution is 2.34. The second kappa shape index (κ2) is 7.37. The van der Waals surface area contributed by atoms with Crippen LogP contribution in [0.25, 0.3) is 10.2 Å². The number of likely N-dealkylation sites (tertiary alicyclic amines) is 1. The SMILES string of the molecule is Cc1sc2ncnc(SCC(=O)N3CCC(C)CC3CN)c2c1C. The monoisotopic (exact) mass is 364 g/mol. The Balaban J connectivity index is 1.73. The Hall–Kier alpha value is -1.18. The number of hydrogen-bond acceptors (Lipinski definition) is 6. The summed E-state index contributed by atoms with van der Waals surface area (Å²) in [6, 6.07) is 0.178. The van der Waals surface area contributed by atoms with Crippen molar-refractivity contribution in [3.05, 3.63) is 16.8 Å². The summed E-state index contributed by atoms with van der Waals surface area (Å²) in [5, 5.41) is 2.00. The second-order valence-corrected chi connectivity index (χ2v) is 8.70. The first-order valence-corrected chi connectivity index (χ1v) is 10.1. The van der Waals surface area contributed by atoms with Crippen LogP contribution >= 0.6 is 23.1 Å². The van der Waals surface area contributed by atoms with Gasteiger partial charge in [-0.1, -0.05) is 18.7 Å². The van der Waals surface area contributed by atoms with Gasteiger partial charge in [-0.2, -0.15) is 0 Å². The van der Waals surface area contributed by atoms with Gasteiger partial charge in [-0.05, 0) is 38.2 Å². The number of aryl methyl sites for hydroxylation is 2. The fraction of sp³-hybridized carbons (Fsp3) is 0.588. The molecule has 1 fully saturated rings. The molecule has 2 unspecified atom stereocenters. The summed E-state index contributed by atoms with van der Waals surface area (Å²) in [5.74, 6) is 1.22. The van der Waals surface area contributed by atoms with Crippen molar-refractivity contribution in [2.45, 2.75) is 44.7 Å². The number of thioether (sulfide) groups is 1. The molecule has 1 amide bonds. The number of piperidine rings is 1. The van der Waals surface area contributed by atoms with Crippen molar-refractivity contribution in [1.29, 1.82) is 0 Å². The Morgan fingerprint density at radius 1 is 1.46 bits per heavy atom. The van der Waals surface area contributed by atoms with E-state index in [0.29, 0.717) is 18.2 Å². The van der Waals surface area contributed by atoms with Gasteiger partial charge in [0.25, 0.3) is 0 Å². The number of aromatic nitrogens is 2. The van der Waals surface area contributed by atoms with Crippen molar-refractivity contribution in [2.75, 3.05) is 18.8 Å². The first-order valence-electron chi connectivity index (χ1n) is 8.34. The van der Waals surface area contributed by atoms with Crippen molar-refractivity contribution in [1.82, 2.24) is 14.9 Å². The molecule has 130 valence electrons. The molecule has 1 saturated heterocycles. The number of rotatable bonds is 4. The fourth-order valence-electron chi connectivity index (χ4n) is 3.28. The van der Waals surface area contributed by atoms with E-state index in [2.05, 4.69) is 30.7 Å². The molecule has 2 N–H and O–H groups in total. The highest BCUT2D eigenvalue weighted by atomic mass is 32.2. The number of amides is 1. The van der Waals surface area contributed by atoms with Crippen molar-refractivity contribution in [3.8, 4) is 0 Å². The maximum atomic E-state index is 12.7. The lowest BCUT2D eigenvalue weighted by Crippen LogP contribution is -2.49. The number of thiophene rings is 1. The summed E-state index contributed by atoms with van der Waals surface area (Å²) in [4.78, 5) is 25.7. The highest BCUT2D eigenvalue weighted by Gasteiger charge is 2.29. The van der Waals surface area contributed by atoms with Crippen LogP contribution in [0.1, 0.15) is 30.2 Å². The molecule has 24 heavy (non-hydrogen) atoms. The molecule has 5 nitrogen and oxygen atoms in total. The molecule has 2 aromatic heterocycles. The first kappa shape index (κ1) is 17.6. The van der Waals surface area contributed by atoms with Crippen LogP contribution in [0.4, 0.5) is 0 Å². The van der Waals surface area contributed by atoms with Gasteiger partial charge in [0.2, 0.25) is 5.91 Å². The van der Waals surface area contributed by atoms with Crippen molar-refractivity contribution < 1.29 is 4.79 Å². The maximum Gasteiger partial charge on any atom is 0.233 e. The molecule has 0 aliphatic carbocycles. The van der Waals surface area contributed by atoms with Crippen LogP contribution in [0.3, 0.4) is 0 Å². The minimum absolute atomic E-state index is 0.165. The zero-order valence-electron chi connectivity index (χ0n) is 14.4. The van der Waals surface area contributed by atoms with Crippen LogP contribution in [-0.2, 0) is 4.79 Å². The Morgan fingerprint density at radius 2 is 2.25 bits per heavy atom. The van der Waals surface area contributed by atoms with Crippen LogP contribution in [-0.4, -0.2) is 45.7 Å². The smallest absolute Gasteiger partial charge is 0.233 e. The van der Waals surface area contributed by atoms with Gasteiger partial charge in [0.15, 0.2) is 0 Å². The number of nitrogens with two attached hydrogens (primary N) is 1. The minimum Gasteiger partial charge on any atom is -0.338 e. The number of fused-ring (bicyclic) bond motifs is 1. The van der Waals surface area contributed by atoms with Gasteiger partial charge in [0, 0.05) is 29.4 Å². The van der Waals surface area contributed by atoms with Crippen LogP contribution < -0.4 is 5.73 Å². The Labute approximate surface area is 151 Å². The molecule has 1 aliphatic rings. The normalized spacial score (nSPS) is 21.4. The molecule has 3 heterocycles. The van der Waals surface area contributed by atoms with E-state index in [1.165, 1.54) is 22.2 Å². The summed E-state index contributed by atoms with van der Waals surface area (Å²) in [6.07, 6.45) is 3.66. The topological polar surface area (TPSA) is 72.1 Å². The lowest BCUT2D eigenvalue weighted by molar-refractivity contribution is -0.132. The molecule has 0 saturated carbocycles. The predicted molar refractivity (Wildman–Crippen MR) is 101 cm³/mol. The molecular weight excluding hydrogens is 340 g/mol. The third-order valence-corrected chi connectivity index (χ3v) is 6.92. The van der Waals surface area contributed by atoms with Crippen LogP contribution in [0.5, 0.6) is 0 Å². The maximum absolute atomic E-state index is 12.7. The van der Waals surface area contributed by atoms with E-state index in [1.54, 1.807) is 17.7 Å².